The standard InChI is InChI=1S/C20H26N2O/c1-3-8-16(9-4-1)15-23-19-14-22(18-12-5-2-6-13-18)21-20(19)17-10-7-11-17/h2,5-6,12-14,16-17H,1,3-4,7-11,15H2. The fourth-order valence-corrected chi connectivity index (χ4v) is 3.72. The number of benzene rings is 1. The second-order valence-corrected chi connectivity index (χ2v) is 7.10. The second kappa shape index (κ2) is 6.77. The van der Waals surface area contributed by atoms with Gasteiger partial charge in [-0.05, 0) is 43.7 Å². The average Bonchev–Trinajstić information content (AvgIpc) is 2.97. The maximum atomic E-state index is 6.25. The van der Waals surface area contributed by atoms with Gasteiger partial charge in [-0.25, -0.2) is 4.68 Å². The van der Waals surface area contributed by atoms with Gasteiger partial charge in [-0.15, -0.1) is 0 Å². The number of nitrogens with zero attached hydrogens (tertiary/aromatic N) is 2. The van der Waals surface area contributed by atoms with Crippen molar-refractivity contribution in [2.75, 3.05) is 6.61 Å². The van der Waals surface area contributed by atoms with Crippen molar-refractivity contribution in [1.82, 2.24) is 9.78 Å². The first-order valence-electron chi connectivity index (χ1n) is 9.18. The Hall–Kier alpha value is -1.77. The molecule has 0 unspecified atom stereocenters. The van der Waals surface area contributed by atoms with Crippen molar-refractivity contribution in [1.29, 1.82) is 0 Å². The van der Waals surface area contributed by atoms with Crippen molar-refractivity contribution in [2.45, 2.75) is 57.3 Å². The summed E-state index contributed by atoms with van der Waals surface area (Å²) < 4.78 is 8.24. The van der Waals surface area contributed by atoms with Crippen LogP contribution in [0.5, 0.6) is 5.75 Å². The highest BCUT2D eigenvalue weighted by Gasteiger charge is 2.27. The Balaban J connectivity index is 1.53. The van der Waals surface area contributed by atoms with Crippen LogP contribution < -0.4 is 4.74 Å². The Morgan fingerprint density at radius 3 is 2.43 bits per heavy atom. The average molecular weight is 310 g/mol. The minimum atomic E-state index is 0.598. The van der Waals surface area contributed by atoms with Crippen LogP contribution in [0, 0.1) is 5.92 Å². The number of hydrogen-bond donors (Lipinski definition) is 0. The van der Waals surface area contributed by atoms with Crippen LogP contribution in [0.3, 0.4) is 0 Å². The summed E-state index contributed by atoms with van der Waals surface area (Å²) in [6.45, 7) is 0.861. The molecule has 0 saturated heterocycles. The highest BCUT2D eigenvalue weighted by atomic mass is 16.5. The second-order valence-electron chi connectivity index (χ2n) is 7.10. The summed E-state index contributed by atoms with van der Waals surface area (Å²) in [4.78, 5) is 0. The van der Waals surface area contributed by atoms with Crippen LogP contribution in [0.15, 0.2) is 36.5 Å². The SMILES string of the molecule is c1ccc(-n2cc(OCC3CCCCC3)c(C3CCC3)n2)cc1. The lowest BCUT2D eigenvalue weighted by molar-refractivity contribution is 0.205. The Kier molecular flexibility index (Phi) is 4.36. The molecule has 4 rings (SSSR count). The summed E-state index contributed by atoms with van der Waals surface area (Å²) in [5.41, 5.74) is 2.29. The third-order valence-electron chi connectivity index (χ3n) is 5.42. The zero-order valence-corrected chi connectivity index (χ0v) is 13.8. The van der Waals surface area contributed by atoms with Crippen molar-refractivity contribution in [3.05, 3.63) is 42.2 Å². The summed E-state index contributed by atoms with van der Waals surface area (Å²) in [5.74, 6) is 2.35. The van der Waals surface area contributed by atoms with Gasteiger partial charge >= 0.3 is 0 Å². The molecule has 3 nitrogen and oxygen atoms in total. The summed E-state index contributed by atoms with van der Waals surface area (Å²) in [6, 6.07) is 10.4. The molecule has 0 spiro atoms. The molecule has 2 aliphatic rings. The molecule has 122 valence electrons. The van der Waals surface area contributed by atoms with E-state index in [1.165, 1.54) is 57.1 Å². The smallest absolute Gasteiger partial charge is 0.161 e. The molecule has 23 heavy (non-hydrogen) atoms. The van der Waals surface area contributed by atoms with Crippen LogP contribution in [0.4, 0.5) is 0 Å². The maximum Gasteiger partial charge on any atom is 0.161 e. The molecule has 0 radical (unpaired) electrons. The molecule has 0 amide bonds. The minimum absolute atomic E-state index is 0.598. The predicted molar refractivity (Wildman–Crippen MR) is 92.2 cm³/mol. The molecule has 2 aliphatic carbocycles. The van der Waals surface area contributed by atoms with Gasteiger partial charge in [0.2, 0.25) is 0 Å². The fourth-order valence-electron chi connectivity index (χ4n) is 3.72. The molecule has 0 N–H and O–H groups in total. The highest BCUT2D eigenvalue weighted by Crippen LogP contribution is 2.40. The minimum Gasteiger partial charge on any atom is -0.490 e. The Labute approximate surface area is 138 Å². The molecular formula is C20H26N2O. The van der Waals surface area contributed by atoms with Gasteiger partial charge in [-0.1, -0.05) is 43.9 Å². The van der Waals surface area contributed by atoms with Gasteiger partial charge in [0.1, 0.15) is 5.69 Å². The zero-order chi connectivity index (χ0) is 15.5. The molecule has 0 aliphatic heterocycles. The molecule has 2 fully saturated rings. The number of hydrogen-bond acceptors (Lipinski definition) is 2. The number of aromatic nitrogens is 2. The molecule has 1 aromatic carbocycles. The largest absolute Gasteiger partial charge is 0.490 e. The first-order valence-corrected chi connectivity index (χ1v) is 9.18. The number of para-hydroxylation sites is 1. The molecule has 0 bridgehead atoms. The van der Waals surface area contributed by atoms with Gasteiger partial charge in [0.05, 0.1) is 18.5 Å². The highest BCUT2D eigenvalue weighted by molar-refractivity contribution is 5.37. The maximum absolute atomic E-state index is 6.25. The molecule has 2 aromatic rings. The van der Waals surface area contributed by atoms with Gasteiger partial charge in [-0.3, -0.25) is 0 Å². The van der Waals surface area contributed by atoms with Crippen LogP contribution in [0.2, 0.25) is 0 Å². The lowest BCUT2D eigenvalue weighted by Gasteiger charge is -2.25. The first-order chi connectivity index (χ1) is 11.4. The molecule has 3 heteroatoms. The lowest BCUT2D eigenvalue weighted by Crippen LogP contribution is -2.17. The van der Waals surface area contributed by atoms with Gasteiger partial charge in [0, 0.05) is 5.92 Å². The molecular weight excluding hydrogens is 284 g/mol. The molecule has 1 aromatic heterocycles. The molecule has 0 atom stereocenters. The third kappa shape index (κ3) is 3.29. The topological polar surface area (TPSA) is 27.1 Å². The van der Waals surface area contributed by atoms with E-state index < -0.39 is 0 Å². The monoisotopic (exact) mass is 310 g/mol. The van der Waals surface area contributed by atoms with E-state index in [1.807, 2.05) is 10.7 Å². The summed E-state index contributed by atoms with van der Waals surface area (Å²) in [7, 11) is 0. The quantitative estimate of drug-likeness (QED) is 0.768. The van der Waals surface area contributed by atoms with E-state index in [2.05, 4.69) is 30.5 Å². The van der Waals surface area contributed by atoms with Crippen LogP contribution in [0.1, 0.15) is 63.0 Å². The lowest BCUT2D eigenvalue weighted by atomic mass is 9.83. The normalized spacial score (nSPS) is 19.5. The van der Waals surface area contributed by atoms with Crippen molar-refractivity contribution in [3.8, 4) is 11.4 Å². The van der Waals surface area contributed by atoms with Crippen molar-refractivity contribution >= 4 is 0 Å². The van der Waals surface area contributed by atoms with Crippen LogP contribution >= 0.6 is 0 Å². The van der Waals surface area contributed by atoms with E-state index in [0.717, 1.165) is 24.0 Å². The predicted octanol–water partition coefficient (Wildman–Crippen LogP) is 5.10. The molecule has 1 heterocycles. The van der Waals surface area contributed by atoms with E-state index in [-0.39, 0.29) is 0 Å². The third-order valence-corrected chi connectivity index (χ3v) is 5.42. The first kappa shape index (κ1) is 14.8. The van der Waals surface area contributed by atoms with Gasteiger partial charge in [-0.2, -0.15) is 5.10 Å². The van der Waals surface area contributed by atoms with Gasteiger partial charge in [0.15, 0.2) is 5.75 Å². The van der Waals surface area contributed by atoms with E-state index in [4.69, 9.17) is 9.84 Å². The van der Waals surface area contributed by atoms with Crippen molar-refractivity contribution in [2.24, 2.45) is 5.92 Å². The molecule has 2 saturated carbocycles. The van der Waals surface area contributed by atoms with Crippen LogP contribution in [-0.2, 0) is 0 Å². The summed E-state index contributed by atoms with van der Waals surface area (Å²) in [5, 5.41) is 4.86. The van der Waals surface area contributed by atoms with E-state index in [9.17, 15) is 0 Å². The Bertz CT molecular complexity index is 624. The van der Waals surface area contributed by atoms with Gasteiger partial charge < -0.3 is 4.74 Å². The van der Waals surface area contributed by atoms with Crippen molar-refractivity contribution < 1.29 is 4.74 Å². The number of rotatable bonds is 5. The summed E-state index contributed by atoms with van der Waals surface area (Å²) in [6.07, 6.45) is 12.7. The fraction of sp³-hybridized carbons (Fsp3) is 0.550. The van der Waals surface area contributed by atoms with Crippen molar-refractivity contribution in [3.63, 3.8) is 0 Å². The van der Waals surface area contributed by atoms with E-state index in [0.29, 0.717) is 5.92 Å². The number of ether oxygens (including phenoxy) is 1. The summed E-state index contributed by atoms with van der Waals surface area (Å²) >= 11 is 0. The van der Waals surface area contributed by atoms with Crippen LogP contribution in [0.25, 0.3) is 5.69 Å². The van der Waals surface area contributed by atoms with E-state index >= 15 is 0 Å². The Morgan fingerprint density at radius 2 is 1.74 bits per heavy atom. The van der Waals surface area contributed by atoms with E-state index in [1.54, 1.807) is 0 Å². The van der Waals surface area contributed by atoms with Gasteiger partial charge in [0.25, 0.3) is 0 Å². The van der Waals surface area contributed by atoms with Crippen LogP contribution in [-0.4, -0.2) is 16.4 Å². The zero-order valence-electron chi connectivity index (χ0n) is 13.8. The Morgan fingerprint density at radius 1 is 0.957 bits per heavy atom.